The van der Waals surface area contributed by atoms with Gasteiger partial charge in [0.2, 0.25) is 0 Å². The minimum Gasteiger partial charge on any atom is -0.316 e. The van der Waals surface area contributed by atoms with Crippen LogP contribution < -0.4 is 5.32 Å². The summed E-state index contributed by atoms with van der Waals surface area (Å²) in [5.41, 5.74) is 0. The van der Waals surface area contributed by atoms with Gasteiger partial charge in [-0.05, 0) is 19.9 Å². The van der Waals surface area contributed by atoms with E-state index < -0.39 is 0 Å². The molecule has 0 amide bonds. The van der Waals surface area contributed by atoms with Crippen molar-refractivity contribution < 1.29 is 4.79 Å². The van der Waals surface area contributed by atoms with Gasteiger partial charge in [-0.2, -0.15) is 0 Å². The molecule has 0 aromatic heterocycles. The van der Waals surface area contributed by atoms with E-state index in [0.717, 1.165) is 19.5 Å². The molecular formula is C9H13NO. The van der Waals surface area contributed by atoms with E-state index in [1.165, 1.54) is 0 Å². The van der Waals surface area contributed by atoms with Crippen LogP contribution in [-0.4, -0.2) is 18.9 Å². The van der Waals surface area contributed by atoms with E-state index in [1.807, 2.05) is 0 Å². The molecule has 0 spiro atoms. The summed E-state index contributed by atoms with van der Waals surface area (Å²) in [6, 6.07) is 0. The van der Waals surface area contributed by atoms with Gasteiger partial charge in [0, 0.05) is 12.5 Å². The molecule has 1 atom stereocenters. The van der Waals surface area contributed by atoms with Crippen LogP contribution in [0.2, 0.25) is 0 Å². The number of hydrogen-bond donors (Lipinski definition) is 1. The van der Waals surface area contributed by atoms with Gasteiger partial charge in [0.15, 0.2) is 0 Å². The third-order valence-electron chi connectivity index (χ3n) is 1.96. The zero-order valence-corrected chi connectivity index (χ0v) is 6.81. The number of carbonyl (C=O) groups excluding carboxylic acids is 1. The lowest BCUT2D eigenvalue weighted by atomic mass is 10.0. The maximum absolute atomic E-state index is 11.3. The average molecular weight is 151 g/mol. The molecule has 1 N–H and O–H groups in total. The van der Waals surface area contributed by atoms with Gasteiger partial charge in [0.05, 0.1) is 6.42 Å². The third-order valence-corrected chi connectivity index (χ3v) is 1.96. The third kappa shape index (κ3) is 2.36. The molecule has 0 unspecified atom stereocenters. The average Bonchev–Trinajstić information content (AvgIpc) is 2.52. The lowest BCUT2D eigenvalue weighted by Gasteiger charge is -2.01. The highest BCUT2D eigenvalue weighted by Gasteiger charge is 2.20. The Labute approximate surface area is 67.4 Å². The van der Waals surface area contributed by atoms with Gasteiger partial charge in [0.25, 0.3) is 0 Å². The molecule has 0 saturated carbocycles. The molecule has 1 rings (SSSR count). The van der Waals surface area contributed by atoms with Crippen molar-refractivity contribution >= 4 is 5.78 Å². The lowest BCUT2D eigenvalue weighted by molar-refractivity contribution is -0.121. The fourth-order valence-electron chi connectivity index (χ4n) is 1.25. The van der Waals surface area contributed by atoms with Crippen LogP contribution in [0.1, 0.15) is 19.8 Å². The van der Waals surface area contributed by atoms with E-state index in [4.69, 9.17) is 0 Å². The van der Waals surface area contributed by atoms with Crippen LogP contribution in [0, 0.1) is 17.8 Å². The van der Waals surface area contributed by atoms with Crippen LogP contribution >= 0.6 is 0 Å². The minimum atomic E-state index is 0.232. The van der Waals surface area contributed by atoms with Crippen molar-refractivity contribution in [2.45, 2.75) is 19.8 Å². The van der Waals surface area contributed by atoms with E-state index in [9.17, 15) is 4.79 Å². The van der Waals surface area contributed by atoms with Crippen LogP contribution in [0.5, 0.6) is 0 Å². The van der Waals surface area contributed by atoms with Crippen LogP contribution in [0.3, 0.4) is 0 Å². The summed E-state index contributed by atoms with van der Waals surface area (Å²) < 4.78 is 0. The molecule has 2 heteroatoms. The zero-order valence-electron chi connectivity index (χ0n) is 6.81. The van der Waals surface area contributed by atoms with Gasteiger partial charge in [0.1, 0.15) is 5.78 Å². The molecule has 0 aromatic rings. The van der Waals surface area contributed by atoms with Gasteiger partial charge < -0.3 is 5.32 Å². The highest BCUT2D eigenvalue weighted by molar-refractivity contribution is 5.83. The summed E-state index contributed by atoms with van der Waals surface area (Å²) >= 11 is 0. The van der Waals surface area contributed by atoms with Crippen LogP contribution in [0.25, 0.3) is 0 Å². The van der Waals surface area contributed by atoms with Crippen molar-refractivity contribution in [3.05, 3.63) is 0 Å². The minimum absolute atomic E-state index is 0.232. The molecule has 1 heterocycles. The fourth-order valence-corrected chi connectivity index (χ4v) is 1.25. The molecule has 2 nitrogen and oxygen atoms in total. The Morgan fingerprint density at radius 2 is 2.55 bits per heavy atom. The van der Waals surface area contributed by atoms with E-state index in [0.29, 0.717) is 12.2 Å². The normalized spacial score (nSPS) is 22.5. The van der Waals surface area contributed by atoms with Crippen LogP contribution in [0.4, 0.5) is 0 Å². The molecule has 11 heavy (non-hydrogen) atoms. The summed E-state index contributed by atoms with van der Waals surface area (Å²) in [7, 11) is 0. The molecule has 1 aliphatic rings. The van der Waals surface area contributed by atoms with Gasteiger partial charge in [-0.1, -0.05) is 5.92 Å². The molecule has 1 saturated heterocycles. The topological polar surface area (TPSA) is 29.1 Å². The van der Waals surface area contributed by atoms with Crippen molar-refractivity contribution in [2.75, 3.05) is 13.1 Å². The first-order valence-electron chi connectivity index (χ1n) is 3.97. The standard InChI is InChI=1S/C9H13NO/c1-2-3-4-9(11)8-5-6-10-7-8/h8,10H,4-7H2,1H3/t8-/m0/s1. The second-order valence-corrected chi connectivity index (χ2v) is 2.76. The first-order valence-corrected chi connectivity index (χ1v) is 3.97. The molecule has 1 fully saturated rings. The fraction of sp³-hybridized carbons (Fsp3) is 0.667. The predicted octanol–water partition coefficient (Wildman–Crippen LogP) is 0.578. The largest absolute Gasteiger partial charge is 0.316 e. The zero-order chi connectivity index (χ0) is 8.10. The number of rotatable bonds is 2. The van der Waals surface area contributed by atoms with Gasteiger partial charge in [-0.3, -0.25) is 4.79 Å². The molecular weight excluding hydrogens is 138 g/mol. The number of hydrogen-bond acceptors (Lipinski definition) is 2. The summed E-state index contributed by atoms with van der Waals surface area (Å²) in [5, 5.41) is 3.16. The van der Waals surface area contributed by atoms with E-state index >= 15 is 0 Å². The maximum atomic E-state index is 11.3. The Balaban J connectivity index is 2.32. The van der Waals surface area contributed by atoms with E-state index in [-0.39, 0.29) is 5.92 Å². The Bertz CT molecular complexity index is 193. The first-order chi connectivity index (χ1) is 5.34. The van der Waals surface area contributed by atoms with Crippen LogP contribution in [0.15, 0.2) is 0 Å². The maximum Gasteiger partial charge on any atom is 0.149 e. The monoisotopic (exact) mass is 151 g/mol. The molecule has 0 bridgehead atoms. The van der Waals surface area contributed by atoms with Gasteiger partial charge in [-0.25, -0.2) is 0 Å². The Kier molecular flexibility index (Phi) is 3.13. The second kappa shape index (κ2) is 4.15. The van der Waals surface area contributed by atoms with Crippen molar-refractivity contribution in [1.82, 2.24) is 5.32 Å². The van der Waals surface area contributed by atoms with Crippen molar-refractivity contribution in [2.24, 2.45) is 5.92 Å². The quantitative estimate of drug-likeness (QED) is 0.585. The van der Waals surface area contributed by atoms with Crippen molar-refractivity contribution in [1.29, 1.82) is 0 Å². The number of Topliss-reactive ketones (excluding diaryl/α,β-unsaturated/α-hetero) is 1. The smallest absolute Gasteiger partial charge is 0.149 e. The molecule has 60 valence electrons. The number of carbonyl (C=O) groups is 1. The van der Waals surface area contributed by atoms with Gasteiger partial charge in [-0.15, -0.1) is 5.92 Å². The highest BCUT2D eigenvalue weighted by Crippen LogP contribution is 2.09. The molecule has 0 radical (unpaired) electrons. The van der Waals surface area contributed by atoms with Crippen molar-refractivity contribution in [3.8, 4) is 11.8 Å². The van der Waals surface area contributed by atoms with E-state index in [2.05, 4.69) is 17.2 Å². The molecule has 1 aliphatic heterocycles. The Morgan fingerprint density at radius 1 is 1.73 bits per heavy atom. The van der Waals surface area contributed by atoms with Crippen molar-refractivity contribution in [3.63, 3.8) is 0 Å². The molecule has 0 aliphatic carbocycles. The second-order valence-electron chi connectivity index (χ2n) is 2.76. The summed E-state index contributed by atoms with van der Waals surface area (Å²) in [6.07, 6.45) is 1.42. The Hall–Kier alpha value is -0.810. The van der Waals surface area contributed by atoms with Crippen LogP contribution in [-0.2, 0) is 4.79 Å². The number of ketones is 1. The predicted molar refractivity (Wildman–Crippen MR) is 44.1 cm³/mol. The van der Waals surface area contributed by atoms with E-state index in [1.54, 1.807) is 6.92 Å². The van der Waals surface area contributed by atoms with Gasteiger partial charge >= 0.3 is 0 Å². The first kappa shape index (κ1) is 8.29. The Morgan fingerprint density at radius 3 is 3.09 bits per heavy atom. The summed E-state index contributed by atoms with van der Waals surface area (Å²) in [5.74, 6) is 6.06. The SMILES string of the molecule is CC#CCC(=O)[C@H]1CCNC1. The molecule has 0 aromatic carbocycles. The summed E-state index contributed by atoms with van der Waals surface area (Å²) in [4.78, 5) is 11.3. The number of nitrogens with one attached hydrogen (secondary N) is 1. The summed E-state index contributed by atoms with van der Waals surface area (Å²) in [6.45, 7) is 3.60. The highest BCUT2D eigenvalue weighted by atomic mass is 16.1. The lowest BCUT2D eigenvalue weighted by Crippen LogP contribution is -2.16.